The fourth-order valence-corrected chi connectivity index (χ4v) is 4.24. The Morgan fingerprint density at radius 2 is 1.47 bits per heavy atom. The van der Waals surface area contributed by atoms with Crippen LogP contribution in [0.4, 0.5) is 5.82 Å². The van der Waals surface area contributed by atoms with Crippen LogP contribution < -0.4 is 4.90 Å². The maximum atomic E-state index is 5.46. The van der Waals surface area contributed by atoms with Gasteiger partial charge in [-0.1, -0.05) is 12.1 Å². The zero-order valence-electron chi connectivity index (χ0n) is 17.5. The fourth-order valence-electron chi connectivity index (χ4n) is 4.24. The third-order valence-corrected chi connectivity index (χ3v) is 5.93. The largest absolute Gasteiger partial charge is 0.378 e. The minimum Gasteiger partial charge on any atom is -0.378 e. The highest BCUT2D eigenvalue weighted by Crippen LogP contribution is 2.32. The van der Waals surface area contributed by atoms with Crippen molar-refractivity contribution < 1.29 is 4.74 Å². The molecular weight excluding hydrogens is 398 g/mol. The fraction of sp³-hybridized carbons (Fsp3) is 0.154. The third kappa shape index (κ3) is 3.44. The summed E-state index contributed by atoms with van der Waals surface area (Å²) in [6, 6.07) is 18.8. The van der Waals surface area contributed by atoms with Gasteiger partial charge in [-0.3, -0.25) is 15.0 Å². The van der Waals surface area contributed by atoms with E-state index in [1.54, 1.807) is 0 Å². The van der Waals surface area contributed by atoms with E-state index in [0.717, 1.165) is 76.3 Å². The van der Waals surface area contributed by atoms with Crippen LogP contribution in [0.2, 0.25) is 0 Å². The van der Waals surface area contributed by atoms with E-state index in [0.29, 0.717) is 0 Å². The summed E-state index contributed by atoms with van der Waals surface area (Å²) in [6.07, 6.45) is 7.35. The van der Waals surface area contributed by atoms with Crippen LogP contribution in [0.15, 0.2) is 79.4 Å². The second-order valence-electron chi connectivity index (χ2n) is 7.86. The number of pyridine rings is 2. The Labute approximate surface area is 185 Å². The molecule has 1 fully saturated rings. The molecule has 4 heterocycles. The van der Waals surface area contributed by atoms with Gasteiger partial charge in [-0.15, -0.1) is 0 Å². The van der Waals surface area contributed by atoms with Crippen molar-refractivity contribution in [1.29, 1.82) is 0 Å². The molecule has 0 spiro atoms. The van der Waals surface area contributed by atoms with Gasteiger partial charge in [0.25, 0.3) is 0 Å². The molecule has 1 aliphatic rings. The Kier molecular flexibility index (Phi) is 4.70. The summed E-state index contributed by atoms with van der Waals surface area (Å²) in [5.41, 5.74) is 7.27. The molecule has 32 heavy (non-hydrogen) atoms. The van der Waals surface area contributed by atoms with Crippen molar-refractivity contribution in [2.24, 2.45) is 0 Å². The Bertz CT molecular complexity index is 1410. The van der Waals surface area contributed by atoms with Crippen molar-refractivity contribution in [2.75, 3.05) is 31.2 Å². The van der Waals surface area contributed by atoms with Crippen LogP contribution in [0.25, 0.3) is 44.2 Å². The van der Waals surface area contributed by atoms with Gasteiger partial charge >= 0.3 is 0 Å². The topological polar surface area (TPSA) is 64.0 Å². The first-order chi connectivity index (χ1) is 15.8. The zero-order chi connectivity index (χ0) is 21.3. The van der Waals surface area contributed by atoms with E-state index in [2.05, 4.69) is 56.3 Å². The normalized spacial score (nSPS) is 14.2. The Balaban J connectivity index is 1.44. The highest BCUT2D eigenvalue weighted by Gasteiger charge is 2.14. The highest BCUT2D eigenvalue weighted by molar-refractivity contribution is 5.97. The van der Waals surface area contributed by atoms with Crippen molar-refractivity contribution in [3.05, 3.63) is 79.4 Å². The van der Waals surface area contributed by atoms with Gasteiger partial charge in [-0.05, 0) is 64.7 Å². The summed E-state index contributed by atoms with van der Waals surface area (Å²) in [5.74, 6) is 0.903. The number of morpholine rings is 1. The second-order valence-corrected chi connectivity index (χ2v) is 7.86. The summed E-state index contributed by atoms with van der Waals surface area (Å²) in [6.45, 7) is 3.14. The summed E-state index contributed by atoms with van der Waals surface area (Å²) in [5, 5.41) is 1.12. The summed E-state index contributed by atoms with van der Waals surface area (Å²) >= 11 is 0. The van der Waals surface area contributed by atoms with E-state index >= 15 is 0 Å². The maximum Gasteiger partial charge on any atom is 0.148 e. The van der Waals surface area contributed by atoms with Gasteiger partial charge in [0.1, 0.15) is 5.82 Å². The van der Waals surface area contributed by atoms with Crippen LogP contribution in [-0.4, -0.2) is 46.2 Å². The first-order valence-electron chi connectivity index (χ1n) is 10.7. The quantitative estimate of drug-likeness (QED) is 0.421. The van der Waals surface area contributed by atoms with Crippen molar-refractivity contribution in [3.8, 4) is 22.3 Å². The number of rotatable bonds is 3. The second kappa shape index (κ2) is 7.98. The summed E-state index contributed by atoms with van der Waals surface area (Å²) in [4.78, 5) is 20.5. The average molecular weight is 419 g/mol. The van der Waals surface area contributed by atoms with E-state index < -0.39 is 0 Å². The van der Waals surface area contributed by atoms with E-state index in [9.17, 15) is 0 Å². The Morgan fingerprint density at radius 1 is 0.688 bits per heavy atom. The number of anilines is 1. The summed E-state index contributed by atoms with van der Waals surface area (Å²) < 4.78 is 5.46. The van der Waals surface area contributed by atoms with Crippen LogP contribution >= 0.6 is 0 Å². The van der Waals surface area contributed by atoms with Crippen molar-refractivity contribution >= 4 is 27.8 Å². The van der Waals surface area contributed by atoms with E-state index in [-0.39, 0.29) is 0 Å². The molecule has 1 saturated heterocycles. The molecule has 2 aromatic carbocycles. The molecule has 3 aromatic heterocycles. The van der Waals surface area contributed by atoms with Gasteiger partial charge in [0.05, 0.1) is 36.0 Å². The number of aromatic nitrogens is 4. The molecule has 6 nitrogen and oxygen atoms in total. The molecule has 6 heteroatoms. The summed E-state index contributed by atoms with van der Waals surface area (Å²) in [7, 11) is 0. The smallest absolute Gasteiger partial charge is 0.148 e. The standard InChI is InChI=1S/C26H21N5O/c1-3-23-22(21(7-10-28-23)18-5-8-27-9-6-18)15-19(1)20-2-4-24-25(16-20)30-26(17-29-24)31-11-13-32-14-12-31/h1-10,15-17H,11-14H2. The maximum absolute atomic E-state index is 5.46. The van der Waals surface area contributed by atoms with Crippen LogP contribution in [0, 0.1) is 0 Å². The van der Waals surface area contributed by atoms with Crippen molar-refractivity contribution in [2.45, 2.75) is 0 Å². The molecular formula is C26H21N5O. The Morgan fingerprint density at radius 3 is 2.31 bits per heavy atom. The number of fused-ring (bicyclic) bond motifs is 2. The first kappa shape index (κ1) is 18.8. The van der Waals surface area contributed by atoms with Gasteiger partial charge in [-0.2, -0.15) is 0 Å². The van der Waals surface area contributed by atoms with Gasteiger partial charge in [-0.25, -0.2) is 4.98 Å². The number of hydrogen-bond donors (Lipinski definition) is 0. The van der Waals surface area contributed by atoms with Gasteiger partial charge < -0.3 is 9.64 Å². The SMILES string of the molecule is c1cc(-c2ccnc3ccc(-c4ccc5ncc(N6CCOCC6)nc5c4)cc23)ccn1. The van der Waals surface area contributed by atoms with E-state index in [1.165, 1.54) is 0 Å². The first-order valence-corrected chi connectivity index (χ1v) is 10.7. The van der Waals surface area contributed by atoms with Crippen LogP contribution in [-0.2, 0) is 4.74 Å². The number of benzene rings is 2. The molecule has 0 atom stereocenters. The molecule has 0 radical (unpaired) electrons. The van der Waals surface area contributed by atoms with Gasteiger partial charge in [0.15, 0.2) is 0 Å². The van der Waals surface area contributed by atoms with Crippen LogP contribution in [0.3, 0.4) is 0 Å². The molecule has 1 aliphatic heterocycles. The monoisotopic (exact) mass is 419 g/mol. The van der Waals surface area contributed by atoms with Crippen molar-refractivity contribution in [1.82, 2.24) is 19.9 Å². The van der Waals surface area contributed by atoms with E-state index in [1.807, 2.05) is 43.0 Å². The molecule has 0 unspecified atom stereocenters. The zero-order valence-corrected chi connectivity index (χ0v) is 17.5. The molecule has 0 N–H and O–H groups in total. The Hall–Kier alpha value is -3.90. The molecule has 6 rings (SSSR count). The predicted octanol–water partition coefficient (Wildman–Crippen LogP) is 4.74. The number of ether oxygens (including phenoxy) is 1. The lowest BCUT2D eigenvalue weighted by Crippen LogP contribution is -2.36. The van der Waals surface area contributed by atoms with Crippen LogP contribution in [0.1, 0.15) is 0 Å². The number of nitrogens with zero attached hydrogens (tertiary/aromatic N) is 5. The van der Waals surface area contributed by atoms with E-state index in [4.69, 9.17) is 9.72 Å². The number of hydrogen-bond acceptors (Lipinski definition) is 6. The van der Waals surface area contributed by atoms with Gasteiger partial charge in [0.2, 0.25) is 0 Å². The molecule has 5 aromatic rings. The van der Waals surface area contributed by atoms with Crippen LogP contribution in [0.5, 0.6) is 0 Å². The minimum atomic E-state index is 0.727. The predicted molar refractivity (Wildman–Crippen MR) is 127 cm³/mol. The average Bonchev–Trinajstić information content (AvgIpc) is 2.88. The molecule has 0 saturated carbocycles. The molecule has 0 amide bonds. The molecule has 156 valence electrons. The third-order valence-electron chi connectivity index (χ3n) is 5.93. The van der Waals surface area contributed by atoms with Gasteiger partial charge in [0, 0.05) is 37.1 Å². The lowest BCUT2D eigenvalue weighted by atomic mass is 9.97. The minimum absolute atomic E-state index is 0.727. The lowest BCUT2D eigenvalue weighted by Gasteiger charge is -2.27. The lowest BCUT2D eigenvalue weighted by molar-refractivity contribution is 0.122. The molecule has 0 bridgehead atoms. The molecule has 0 aliphatic carbocycles. The van der Waals surface area contributed by atoms with Crippen molar-refractivity contribution in [3.63, 3.8) is 0 Å². The highest BCUT2D eigenvalue weighted by atomic mass is 16.5.